The van der Waals surface area contributed by atoms with Crippen LogP contribution < -0.4 is 10.6 Å². The molecule has 9 heteroatoms. The molecule has 1 aliphatic rings. The highest BCUT2D eigenvalue weighted by molar-refractivity contribution is 6.04. The van der Waals surface area contributed by atoms with Gasteiger partial charge in [0.2, 0.25) is 5.91 Å². The number of aliphatic hydroxyl groups is 1. The van der Waals surface area contributed by atoms with E-state index in [0.29, 0.717) is 4.90 Å². The van der Waals surface area contributed by atoms with E-state index in [4.69, 9.17) is 5.11 Å². The Bertz CT molecular complexity index is 332. The van der Waals surface area contributed by atoms with Gasteiger partial charge in [0.05, 0.1) is 13.1 Å². The molecule has 1 fully saturated rings. The van der Waals surface area contributed by atoms with Crippen LogP contribution in [0.5, 0.6) is 0 Å². The maximum Gasteiger partial charge on any atom is 0.325 e. The predicted molar refractivity (Wildman–Crippen MR) is 50.2 cm³/mol. The average Bonchev–Trinajstić information content (AvgIpc) is 2.58. The molecule has 0 aromatic carbocycles. The lowest BCUT2D eigenvalue weighted by molar-refractivity contribution is -0.131. The van der Waals surface area contributed by atoms with E-state index in [9.17, 15) is 23.2 Å². The van der Waals surface area contributed by atoms with Crippen LogP contribution in [0.3, 0.4) is 0 Å². The van der Waals surface area contributed by atoms with Gasteiger partial charge in [-0.25, -0.2) is 13.6 Å². The minimum absolute atomic E-state index is 0.209. The Morgan fingerprint density at radius 3 is 2.65 bits per heavy atom. The number of imide groups is 1. The minimum atomic E-state index is -3.42. The molecule has 0 aromatic rings. The van der Waals surface area contributed by atoms with Gasteiger partial charge in [0.1, 0.15) is 13.2 Å². The summed E-state index contributed by atoms with van der Waals surface area (Å²) in [5, 5.41) is 12.2. The van der Waals surface area contributed by atoms with Crippen molar-refractivity contribution in [2.24, 2.45) is 0 Å². The van der Waals surface area contributed by atoms with Crippen molar-refractivity contribution < 1.29 is 28.3 Å². The highest BCUT2D eigenvalue weighted by Gasteiger charge is 2.32. The highest BCUT2D eigenvalue weighted by atomic mass is 19.3. The quantitative estimate of drug-likeness (QED) is 0.506. The zero-order chi connectivity index (χ0) is 13.1. The molecule has 17 heavy (non-hydrogen) atoms. The molecule has 3 N–H and O–H groups in total. The highest BCUT2D eigenvalue weighted by Crippen LogP contribution is 2.09. The van der Waals surface area contributed by atoms with Gasteiger partial charge < -0.3 is 15.7 Å². The van der Waals surface area contributed by atoms with E-state index in [2.05, 4.69) is 5.32 Å². The molecule has 96 valence electrons. The zero-order valence-corrected chi connectivity index (χ0v) is 8.70. The van der Waals surface area contributed by atoms with E-state index < -0.39 is 43.5 Å². The molecule has 7 nitrogen and oxygen atoms in total. The third-order valence-corrected chi connectivity index (χ3v) is 2.01. The predicted octanol–water partition coefficient (Wildman–Crippen LogP) is -1.72. The van der Waals surface area contributed by atoms with Gasteiger partial charge in [-0.3, -0.25) is 14.5 Å². The minimum Gasteiger partial charge on any atom is -0.390 e. The molecule has 1 rings (SSSR count). The van der Waals surface area contributed by atoms with E-state index in [1.54, 1.807) is 0 Å². The van der Waals surface area contributed by atoms with Gasteiger partial charge in [0.25, 0.3) is 11.8 Å². The lowest BCUT2D eigenvalue weighted by Gasteiger charge is -2.16. The van der Waals surface area contributed by atoms with Crippen molar-refractivity contribution in [2.45, 2.75) is 5.92 Å². The topological polar surface area (TPSA) is 98.7 Å². The molecule has 0 saturated carbocycles. The first-order chi connectivity index (χ1) is 7.85. The van der Waals surface area contributed by atoms with Gasteiger partial charge in [-0.05, 0) is 0 Å². The molecule has 0 aliphatic carbocycles. The number of hydrogen-bond acceptors (Lipinski definition) is 4. The van der Waals surface area contributed by atoms with E-state index in [1.807, 2.05) is 5.32 Å². The van der Waals surface area contributed by atoms with Crippen LogP contribution in [0, 0.1) is 0 Å². The summed E-state index contributed by atoms with van der Waals surface area (Å²) in [6.07, 6.45) is 0. The fourth-order valence-electron chi connectivity index (χ4n) is 1.10. The Hall–Kier alpha value is -1.77. The van der Waals surface area contributed by atoms with Crippen LogP contribution in [0.1, 0.15) is 0 Å². The second-order valence-electron chi connectivity index (χ2n) is 3.43. The van der Waals surface area contributed by atoms with Gasteiger partial charge in [-0.15, -0.1) is 0 Å². The summed E-state index contributed by atoms with van der Waals surface area (Å²) in [4.78, 5) is 33.8. The van der Waals surface area contributed by atoms with Crippen molar-refractivity contribution in [3.05, 3.63) is 0 Å². The molecule has 0 unspecified atom stereocenters. The Labute approximate surface area is 94.8 Å². The van der Waals surface area contributed by atoms with Gasteiger partial charge >= 0.3 is 6.03 Å². The van der Waals surface area contributed by atoms with Crippen molar-refractivity contribution in [3.8, 4) is 0 Å². The zero-order valence-electron chi connectivity index (χ0n) is 8.70. The third-order valence-electron chi connectivity index (χ3n) is 2.01. The Morgan fingerprint density at radius 1 is 1.53 bits per heavy atom. The molecular weight excluding hydrogens is 240 g/mol. The summed E-state index contributed by atoms with van der Waals surface area (Å²) in [6.45, 7) is -3.27. The molecule has 0 radical (unpaired) electrons. The van der Waals surface area contributed by atoms with Crippen molar-refractivity contribution >= 4 is 17.8 Å². The van der Waals surface area contributed by atoms with Crippen molar-refractivity contribution in [1.82, 2.24) is 15.5 Å². The lowest BCUT2D eigenvalue weighted by atomic mass is 10.3. The number of urea groups is 1. The van der Waals surface area contributed by atoms with Gasteiger partial charge in [-0.1, -0.05) is 0 Å². The summed E-state index contributed by atoms with van der Waals surface area (Å²) in [5.41, 5.74) is 0. The summed E-state index contributed by atoms with van der Waals surface area (Å²) in [5.74, 6) is -4.92. The van der Waals surface area contributed by atoms with E-state index in [0.717, 1.165) is 0 Å². The smallest absolute Gasteiger partial charge is 0.325 e. The molecule has 1 aliphatic heterocycles. The lowest BCUT2D eigenvalue weighted by Crippen LogP contribution is -2.45. The monoisotopic (exact) mass is 251 g/mol. The molecule has 0 aromatic heterocycles. The number of rotatable bonds is 5. The standard InChI is InChI=1S/C8H11F2N3O4/c9-8(10,4-14)3-12-5(15)2-13-6(16)1-11-7(13)17/h14H,1-4H2,(H,11,17)(H,12,15). The first kappa shape index (κ1) is 13.3. The number of hydrogen-bond donors (Lipinski definition) is 3. The summed E-state index contributed by atoms with van der Waals surface area (Å²) >= 11 is 0. The van der Waals surface area contributed by atoms with Crippen molar-refractivity contribution in [1.29, 1.82) is 0 Å². The number of aliphatic hydroxyl groups excluding tert-OH is 1. The van der Waals surface area contributed by atoms with E-state index in [-0.39, 0.29) is 6.54 Å². The fourth-order valence-corrected chi connectivity index (χ4v) is 1.10. The van der Waals surface area contributed by atoms with E-state index >= 15 is 0 Å². The SMILES string of the molecule is O=C(CN1C(=O)CNC1=O)NCC(F)(F)CO. The van der Waals surface area contributed by atoms with Gasteiger partial charge in [0, 0.05) is 0 Å². The van der Waals surface area contributed by atoms with Crippen molar-refractivity contribution in [2.75, 3.05) is 26.2 Å². The van der Waals surface area contributed by atoms with Crippen LogP contribution in [-0.4, -0.2) is 60.0 Å². The molecule has 4 amide bonds. The summed E-state index contributed by atoms with van der Waals surface area (Å²) in [6, 6.07) is -0.737. The Kier molecular flexibility index (Phi) is 3.94. The fraction of sp³-hybridized carbons (Fsp3) is 0.625. The largest absolute Gasteiger partial charge is 0.390 e. The normalized spacial score (nSPS) is 16.1. The second-order valence-corrected chi connectivity index (χ2v) is 3.43. The Balaban J connectivity index is 2.40. The van der Waals surface area contributed by atoms with Crippen LogP contribution in [0.2, 0.25) is 0 Å². The molecule has 0 bridgehead atoms. The summed E-state index contributed by atoms with van der Waals surface area (Å²) < 4.78 is 25.1. The molecule has 1 heterocycles. The van der Waals surface area contributed by atoms with Crippen LogP contribution in [0.15, 0.2) is 0 Å². The molecule has 0 spiro atoms. The maximum atomic E-state index is 12.6. The van der Waals surface area contributed by atoms with Crippen LogP contribution in [-0.2, 0) is 9.59 Å². The molecular formula is C8H11F2N3O4. The van der Waals surface area contributed by atoms with Gasteiger partial charge in [0.15, 0.2) is 0 Å². The second kappa shape index (κ2) is 5.04. The first-order valence-electron chi connectivity index (χ1n) is 4.69. The number of alkyl halides is 2. The number of nitrogens with one attached hydrogen (secondary N) is 2. The first-order valence-corrected chi connectivity index (χ1v) is 4.69. The number of amides is 4. The number of halogens is 2. The number of carbonyl (C=O) groups is 3. The van der Waals surface area contributed by atoms with Gasteiger partial charge in [-0.2, -0.15) is 0 Å². The molecule has 1 saturated heterocycles. The van der Waals surface area contributed by atoms with Crippen LogP contribution in [0.4, 0.5) is 13.6 Å². The molecule has 0 atom stereocenters. The third kappa shape index (κ3) is 3.63. The van der Waals surface area contributed by atoms with E-state index in [1.165, 1.54) is 0 Å². The Morgan fingerprint density at radius 2 is 2.18 bits per heavy atom. The summed E-state index contributed by atoms with van der Waals surface area (Å²) in [7, 11) is 0. The maximum absolute atomic E-state index is 12.6. The number of carbonyl (C=O) groups excluding carboxylic acids is 3. The van der Waals surface area contributed by atoms with Crippen LogP contribution in [0.25, 0.3) is 0 Å². The van der Waals surface area contributed by atoms with Crippen LogP contribution >= 0.6 is 0 Å². The number of nitrogens with zero attached hydrogens (tertiary/aromatic N) is 1. The average molecular weight is 251 g/mol. The van der Waals surface area contributed by atoms with Crippen molar-refractivity contribution in [3.63, 3.8) is 0 Å².